The van der Waals surface area contributed by atoms with E-state index in [1.54, 1.807) is 45.0 Å². The number of aryl methyl sites for hydroxylation is 1. The van der Waals surface area contributed by atoms with Gasteiger partial charge in [0.15, 0.2) is 6.10 Å². The van der Waals surface area contributed by atoms with Gasteiger partial charge in [-0.05, 0) is 43.5 Å². The summed E-state index contributed by atoms with van der Waals surface area (Å²) in [4.78, 5) is 37.3. The molecule has 0 spiro atoms. The van der Waals surface area contributed by atoms with E-state index < -0.39 is 41.6 Å². The molecular formula is C22H24F2N2O4. The number of amides is 2. The summed E-state index contributed by atoms with van der Waals surface area (Å²) in [7, 11) is 0. The summed E-state index contributed by atoms with van der Waals surface area (Å²) < 4.78 is 31.8. The topological polar surface area (TPSA) is 84.5 Å². The Labute approximate surface area is 173 Å². The lowest BCUT2D eigenvalue weighted by Crippen LogP contribution is -2.47. The predicted molar refractivity (Wildman–Crippen MR) is 108 cm³/mol. The lowest BCUT2D eigenvalue weighted by Gasteiger charge is -2.23. The SMILES string of the molecule is Cc1ccccc1C(=O)N[C@H](C(=O)O[C@@H](C)C(=O)Nc1ccc(F)cc1F)C(C)C. The number of rotatable bonds is 7. The van der Waals surface area contributed by atoms with Crippen LogP contribution < -0.4 is 10.6 Å². The first-order chi connectivity index (χ1) is 14.1. The highest BCUT2D eigenvalue weighted by Gasteiger charge is 2.29. The second-order valence-corrected chi connectivity index (χ2v) is 7.20. The number of benzene rings is 2. The molecule has 160 valence electrons. The van der Waals surface area contributed by atoms with Crippen LogP contribution in [0.15, 0.2) is 42.5 Å². The van der Waals surface area contributed by atoms with E-state index in [9.17, 15) is 23.2 Å². The highest BCUT2D eigenvalue weighted by Crippen LogP contribution is 2.16. The molecule has 2 atom stereocenters. The number of halogens is 2. The molecule has 8 heteroatoms. The maximum atomic E-state index is 13.7. The van der Waals surface area contributed by atoms with Crippen LogP contribution in [0, 0.1) is 24.5 Å². The second-order valence-electron chi connectivity index (χ2n) is 7.20. The first-order valence-electron chi connectivity index (χ1n) is 9.43. The van der Waals surface area contributed by atoms with E-state index in [1.165, 1.54) is 6.92 Å². The maximum Gasteiger partial charge on any atom is 0.329 e. The minimum atomic E-state index is -1.27. The molecule has 0 aliphatic carbocycles. The molecule has 6 nitrogen and oxygen atoms in total. The molecule has 0 bridgehead atoms. The van der Waals surface area contributed by atoms with Crippen LogP contribution in [0.3, 0.4) is 0 Å². The Morgan fingerprint density at radius 3 is 2.27 bits per heavy atom. The highest BCUT2D eigenvalue weighted by atomic mass is 19.1. The van der Waals surface area contributed by atoms with Crippen molar-refractivity contribution in [3.8, 4) is 0 Å². The van der Waals surface area contributed by atoms with E-state index in [2.05, 4.69) is 10.6 Å². The van der Waals surface area contributed by atoms with Gasteiger partial charge >= 0.3 is 5.97 Å². The van der Waals surface area contributed by atoms with E-state index in [0.29, 0.717) is 11.6 Å². The molecule has 0 aliphatic rings. The molecule has 2 aromatic carbocycles. The molecule has 0 saturated heterocycles. The fourth-order valence-electron chi connectivity index (χ4n) is 2.67. The molecule has 0 aromatic heterocycles. The van der Waals surface area contributed by atoms with E-state index in [0.717, 1.165) is 17.7 Å². The number of carbonyl (C=O) groups is 3. The molecule has 0 saturated carbocycles. The van der Waals surface area contributed by atoms with Crippen molar-refractivity contribution >= 4 is 23.5 Å². The number of anilines is 1. The largest absolute Gasteiger partial charge is 0.451 e. The lowest BCUT2D eigenvalue weighted by atomic mass is 10.0. The van der Waals surface area contributed by atoms with Crippen LogP contribution in [0.5, 0.6) is 0 Å². The monoisotopic (exact) mass is 418 g/mol. The summed E-state index contributed by atoms with van der Waals surface area (Å²) in [6, 6.07) is 8.62. The third-order valence-electron chi connectivity index (χ3n) is 4.45. The van der Waals surface area contributed by atoms with Crippen LogP contribution in [-0.4, -0.2) is 29.9 Å². The fraction of sp³-hybridized carbons (Fsp3) is 0.318. The average molecular weight is 418 g/mol. The minimum absolute atomic E-state index is 0.238. The third-order valence-corrected chi connectivity index (χ3v) is 4.45. The first kappa shape index (κ1) is 23.0. The van der Waals surface area contributed by atoms with Crippen LogP contribution in [-0.2, 0) is 14.3 Å². The number of ether oxygens (including phenoxy) is 1. The number of esters is 1. The Morgan fingerprint density at radius 2 is 1.67 bits per heavy atom. The van der Waals surface area contributed by atoms with E-state index >= 15 is 0 Å². The van der Waals surface area contributed by atoms with Crippen molar-refractivity contribution in [1.29, 1.82) is 0 Å². The first-order valence-corrected chi connectivity index (χ1v) is 9.43. The zero-order chi connectivity index (χ0) is 22.4. The van der Waals surface area contributed by atoms with Gasteiger partial charge in [-0.15, -0.1) is 0 Å². The fourth-order valence-corrected chi connectivity index (χ4v) is 2.67. The Kier molecular flexibility index (Phi) is 7.63. The molecule has 0 aliphatic heterocycles. The zero-order valence-corrected chi connectivity index (χ0v) is 17.2. The molecule has 0 heterocycles. The minimum Gasteiger partial charge on any atom is -0.451 e. The number of hydrogen-bond acceptors (Lipinski definition) is 4. The van der Waals surface area contributed by atoms with Gasteiger partial charge in [-0.3, -0.25) is 9.59 Å². The third kappa shape index (κ3) is 5.85. The maximum absolute atomic E-state index is 13.7. The van der Waals surface area contributed by atoms with Crippen LogP contribution in [0.25, 0.3) is 0 Å². The van der Waals surface area contributed by atoms with Crippen molar-refractivity contribution in [2.24, 2.45) is 5.92 Å². The number of nitrogens with one attached hydrogen (secondary N) is 2. The van der Waals surface area contributed by atoms with Crippen molar-refractivity contribution in [3.63, 3.8) is 0 Å². The van der Waals surface area contributed by atoms with Gasteiger partial charge < -0.3 is 15.4 Å². The van der Waals surface area contributed by atoms with Crippen molar-refractivity contribution in [1.82, 2.24) is 5.32 Å². The Balaban J connectivity index is 2.03. The molecule has 0 unspecified atom stereocenters. The van der Waals surface area contributed by atoms with Crippen molar-refractivity contribution < 1.29 is 27.9 Å². The average Bonchev–Trinajstić information content (AvgIpc) is 2.67. The van der Waals surface area contributed by atoms with Crippen LogP contribution in [0.2, 0.25) is 0 Å². The molecule has 0 radical (unpaired) electrons. The second kappa shape index (κ2) is 9.96. The van der Waals surface area contributed by atoms with Gasteiger partial charge in [0, 0.05) is 11.6 Å². The summed E-state index contributed by atoms with van der Waals surface area (Å²) in [5, 5.41) is 4.88. The Hall–Kier alpha value is -3.29. The molecule has 30 heavy (non-hydrogen) atoms. The smallest absolute Gasteiger partial charge is 0.329 e. The zero-order valence-electron chi connectivity index (χ0n) is 17.2. The van der Waals surface area contributed by atoms with E-state index in [4.69, 9.17) is 4.74 Å². The van der Waals surface area contributed by atoms with Gasteiger partial charge in [0.25, 0.3) is 11.8 Å². The van der Waals surface area contributed by atoms with E-state index in [1.807, 2.05) is 0 Å². The van der Waals surface area contributed by atoms with Crippen molar-refractivity contribution in [2.45, 2.75) is 39.8 Å². The van der Waals surface area contributed by atoms with Gasteiger partial charge in [0.1, 0.15) is 17.7 Å². The van der Waals surface area contributed by atoms with Crippen LogP contribution in [0.1, 0.15) is 36.7 Å². The summed E-state index contributed by atoms with van der Waals surface area (Å²) in [6.07, 6.45) is -1.27. The van der Waals surface area contributed by atoms with Gasteiger partial charge in [-0.1, -0.05) is 32.0 Å². The molecule has 0 fully saturated rings. The molecule has 2 N–H and O–H groups in total. The summed E-state index contributed by atoms with van der Waals surface area (Å²) in [6.45, 7) is 6.54. The van der Waals surface area contributed by atoms with E-state index in [-0.39, 0.29) is 11.6 Å². The molecular weight excluding hydrogens is 394 g/mol. The molecule has 2 aromatic rings. The van der Waals surface area contributed by atoms with Gasteiger partial charge in [-0.25, -0.2) is 13.6 Å². The summed E-state index contributed by atoms with van der Waals surface area (Å²) >= 11 is 0. The predicted octanol–water partition coefficient (Wildman–Crippen LogP) is 3.60. The summed E-state index contributed by atoms with van der Waals surface area (Å²) in [5.41, 5.74) is 0.936. The van der Waals surface area contributed by atoms with Gasteiger partial charge in [0.2, 0.25) is 0 Å². The standard InChI is InChI=1S/C22H24F2N2O4/c1-12(2)19(26-21(28)16-8-6-5-7-13(16)3)22(29)30-14(4)20(27)25-18-10-9-15(23)11-17(18)24/h5-12,14,19H,1-4H3,(H,25,27)(H,26,28)/t14-,19-/m0/s1. The van der Waals surface area contributed by atoms with Crippen molar-refractivity contribution in [3.05, 3.63) is 65.2 Å². The molecule has 2 rings (SSSR count). The van der Waals surface area contributed by atoms with Crippen LogP contribution in [0.4, 0.5) is 14.5 Å². The van der Waals surface area contributed by atoms with Gasteiger partial charge in [0.05, 0.1) is 5.69 Å². The van der Waals surface area contributed by atoms with Crippen LogP contribution >= 0.6 is 0 Å². The van der Waals surface area contributed by atoms with Crippen molar-refractivity contribution in [2.75, 3.05) is 5.32 Å². The lowest BCUT2D eigenvalue weighted by molar-refractivity contribution is -0.156. The quantitative estimate of drug-likeness (QED) is 0.673. The number of carbonyl (C=O) groups excluding carboxylic acids is 3. The normalized spacial score (nSPS) is 12.8. The Bertz CT molecular complexity index is 946. The molecule has 2 amide bonds. The summed E-state index contributed by atoms with van der Waals surface area (Å²) in [5.74, 6) is -4.07. The van der Waals surface area contributed by atoms with Gasteiger partial charge in [-0.2, -0.15) is 0 Å². The Morgan fingerprint density at radius 1 is 1.00 bits per heavy atom. The number of hydrogen-bond donors (Lipinski definition) is 2. The highest BCUT2D eigenvalue weighted by molar-refractivity contribution is 5.99.